The van der Waals surface area contributed by atoms with Crippen molar-refractivity contribution >= 4 is 26.9 Å². The number of anilines is 1. The molecule has 248 valence electrons. The molecule has 0 radical (unpaired) electrons. The van der Waals surface area contributed by atoms with Crippen LogP contribution < -0.4 is 18.9 Å². The monoisotopic (exact) mass is 676 g/mol. The summed E-state index contributed by atoms with van der Waals surface area (Å²) < 4.78 is 76.3. The van der Waals surface area contributed by atoms with Gasteiger partial charge in [-0.05, 0) is 63.9 Å². The molecule has 0 saturated carbocycles. The number of ether oxygens (including phenoxy) is 3. The zero-order valence-corrected chi connectivity index (χ0v) is 28.0. The molecule has 4 aromatic rings. The van der Waals surface area contributed by atoms with Crippen molar-refractivity contribution in [3.05, 3.63) is 66.0 Å². The van der Waals surface area contributed by atoms with Crippen LogP contribution in [-0.4, -0.2) is 83.0 Å². The number of pyridine rings is 1. The van der Waals surface area contributed by atoms with E-state index in [0.29, 0.717) is 11.1 Å². The first-order valence-electron chi connectivity index (χ1n) is 13.8. The Morgan fingerprint density at radius 2 is 1.61 bits per heavy atom. The molecule has 0 aliphatic carbocycles. The molecule has 0 aliphatic rings. The smallest absolute Gasteiger partial charge is 0.257 e. The molecule has 0 fully saturated rings. The predicted molar refractivity (Wildman–Crippen MR) is 169 cm³/mol. The number of aromatic nitrogens is 6. The molecule has 4 rings (SSSR count). The summed E-state index contributed by atoms with van der Waals surface area (Å²) in [5.41, 5.74) is 0.745. The van der Waals surface area contributed by atoms with E-state index in [1.54, 1.807) is 37.4 Å². The van der Waals surface area contributed by atoms with Gasteiger partial charge in [0.15, 0.2) is 22.6 Å². The van der Waals surface area contributed by atoms with E-state index in [0.717, 1.165) is 12.5 Å². The first-order chi connectivity index (χ1) is 21.6. The second-order valence-electron chi connectivity index (χ2n) is 11.1. The Labute approximate surface area is 268 Å². The SMILES string of the molecule is COc1cccc(OC)c1-n1c(NS(=O)(=O)[C@](C)(N[SH](=O)=O)[C@H](OCC(C)(C)O)c2ncc(C)cn2)nnc1-c1cncc(C)c1. The standard InChI is InChI=1S/C28H36N8O8S2/c1-17-11-19(15-29-12-17)25-32-33-26(36(25)22-20(42-6)9-8-10-21(22)43-7)34-46(40,41)28(5,35-45(38)39)23(44-16-27(3,4)37)24-30-13-18(2)14-31-24/h8-15,23,37,45H,16H2,1-7H3,(H,33,34)(H,35,38,39)/t23-,28+/m1/s1. The summed E-state index contributed by atoms with van der Waals surface area (Å²) >= 11 is 0. The number of nitrogens with one attached hydrogen (secondary N) is 2. The van der Waals surface area contributed by atoms with Crippen molar-refractivity contribution in [2.45, 2.75) is 51.2 Å². The predicted octanol–water partition coefficient (Wildman–Crippen LogP) is 1.86. The minimum atomic E-state index is -4.89. The zero-order chi connectivity index (χ0) is 33.9. The molecule has 0 unspecified atom stereocenters. The average Bonchev–Trinajstić information content (AvgIpc) is 3.38. The lowest BCUT2D eigenvalue weighted by Crippen LogP contribution is -2.57. The number of rotatable bonds is 14. The Kier molecular flexibility index (Phi) is 10.3. The van der Waals surface area contributed by atoms with Crippen LogP contribution >= 0.6 is 0 Å². The van der Waals surface area contributed by atoms with E-state index in [-0.39, 0.29) is 34.8 Å². The molecule has 3 heterocycles. The van der Waals surface area contributed by atoms with Gasteiger partial charge >= 0.3 is 0 Å². The molecular weight excluding hydrogens is 640 g/mol. The largest absolute Gasteiger partial charge is 0.494 e. The lowest BCUT2D eigenvalue weighted by molar-refractivity contribution is -0.0693. The van der Waals surface area contributed by atoms with Crippen LogP contribution in [0.5, 0.6) is 11.5 Å². The maximum absolute atomic E-state index is 14.5. The maximum atomic E-state index is 14.5. The minimum absolute atomic E-state index is 0.161. The topological polar surface area (TPSA) is 210 Å². The lowest BCUT2D eigenvalue weighted by atomic mass is 10.1. The van der Waals surface area contributed by atoms with Crippen LogP contribution in [0.1, 0.15) is 43.8 Å². The van der Waals surface area contributed by atoms with E-state index in [1.807, 2.05) is 6.92 Å². The van der Waals surface area contributed by atoms with Gasteiger partial charge in [-0.25, -0.2) is 31.5 Å². The van der Waals surface area contributed by atoms with Crippen molar-refractivity contribution in [2.75, 3.05) is 25.5 Å². The third kappa shape index (κ3) is 7.42. The zero-order valence-electron chi connectivity index (χ0n) is 26.2. The summed E-state index contributed by atoms with van der Waals surface area (Å²) in [5.74, 6) is 0.220. The molecule has 18 heteroatoms. The average molecular weight is 677 g/mol. The molecule has 1 aromatic carbocycles. The molecule has 0 aliphatic heterocycles. The van der Waals surface area contributed by atoms with Crippen LogP contribution in [0.2, 0.25) is 0 Å². The van der Waals surface area contributed by atoms with Crippen molar-refractivity contribution in [1.29, 1.82) is 0 Å². The van der Waals surface area contributed by atoms with Crippen LogP contribution in [0.15, 0.2) is 49.1 Å². The fourth-order valence-corrected chi connectivity index (χ4v) is 6.67. The number of thiol groups is 1. The highest BCUT2D eigenvalue weighted by molar-refractivity contribution is 7.94. The van der Waals surface area contributed by atoms with E-state index in [1.165, 1.54) is 51.2 Å². The van der Waals surface area contributed by atoms with E-state index in [4.69, 9.17) is 14.2 Å². The number of benzene rings is 1. The normalized spacial score (nSPS) is 14.1. The van der Waals surface area contributed by atoms with Crippen molar-refractivity contribution in [3.63, 3.8) is 0 Å². The van der Waals surface area contributed by atoms with Crippen LogP contribution in [0.25, 0.3) is 17.1 Å². The molecule has 46 heavy (non-hydrogen) atoms. The van der Waals surface area contributed by atoms with Gasteiger partial charge in [0.25, 0.3) is 10.0 Å². The Morgan fingerprint density at radius 1 is 0.978 bits per heavy atom. The molecule has 3 aromatic heterocycles. The number of sulfonamides is 1. The quantitative estimate of drug-likeness (QED) is 0.141. The Hall–Kier alpha value is -4.23. The third-order valence-electron chi connectivity index (χ3n) is 6.66. The number of hydrogen-bond donors (Lipinski definition) is 4. The summed E-state index contributed by atoms with van der Waals surface area (Å²) in [7, 11) is -5.59. The molecule has 0 bridgehead atoms. The number of aryl methyl sites for hydroxylation is 2. The van der Waals surface area contributed by atoms with Gasteiger partial charge in [-0.1, -0.05) is 6.07 Å². The summed E-state index contributed by atoms with van der Waals surface area (Å²) in [6.07, 6.45) is 4.35. The van der Waals surface area contributed by atoms with Gasteiger partial charge in [-0.3, -0.25) is 9.55 Å². The fraction of sp³-hybridized carbons (Fsp3) is 0.393. The van der Waals surface area contributed by atoms with Gasteiger partial charge in [0, 0.05) is 30.4 Å². The highest BCUT2D eigenvalue weighted by Gasteiger charge is 2.51. The van der Waals surface area contributed by atoms with Gasteiger partial charge in [0.1, 0.15) is 17.2 Å². The summed E-state index contributed by atoms with van der Waals surface area (Å²) in [6, 6.07) is 6.73. The molecule has 0 saturated heterocycles. The lowest BCUT2D eigenvalue weighted by Gasteiger charge is -2.36. The second-order valence-corrected chi connectivity index (χ2v) is 13.9. The highest BCUT2D eigenvalue weighted by Crippen LogP contribution is 2.39. The number of aliphatic hydroxyl groups is 1. The van der Waals surface area contributed by atoms with Crippen LogP contribution in [0, 0.1) is 13.8 Å². The number of hydrogen-bond acceptors (Lipinski definition) is 13. The highest BCUT2D eigenvalue weighted by atomic mass is 32.2. The maximum Gasteiger partial charge on any atom is 0.257 e. The minimum Gasteiger partial charge on any atom is -0.494 e. The fourth-order valence-electron chi connectivity index (χ4n) is 4.45. The van der Waals surface area contributed by atoms with Crippen LogP contribution in [0.4, 0.5) is 5.95 Å². The Bertz CT molecular complexity index is 1840. The van der Waals surface area contributed by atoms with Crippen molar-refractivity contribution < 1.29 is 36.2 Å². The molecule has 2 atom stereocenters. The van der Waals surface area contributed by atoms with Crippen molar-refractivity contribution in [2.24, 2.45) is 0 Å². The number of nitrogens with zero attached hydrogens (tertiary/aromatic N) is 6. The van der Waals surface area contributed by atoms with Gasteiger partial charge in [-0.15, -0.1) is 10.2 Å². The van der Waals surface area contributed by atoms with Gasteiger partial charge in [0.05, 0.1) is 26.4 Å². The molecule has 0 amide bonds. The third-order valence-corrected chi connectivity index (χ3v) is 9.34. The number of para-hydroxylation sites is 1. The molecule has 3 N–H and O–H groups in total. The first kappa shape index (κ1) is 34.6. The summed E-state index contributed by atoms with van der Waals surface area (Å²) in [5, 5.41) is 18.8. The van der Waals surface area contributed by atoms with Gasteiger partial charge in [0.2, 0.25) is 16.8 Å². The first-order valence-corrected chi connectivity index (χ1v) is 16.4. The molecule has 16 nitrogen and oxygen atoms in total. The Morgan fingerprint density at radius 3 is 2.15 bits per heavy atom. The summed E-state index contributed by atoms with van der Waals surface area (Å²) in [4.78, 5) is 10.2. The van der Waals surface area contributed by atoms with Crippen LogP contribution in [-0.2, 0) is 25.7 Å². The summed E-state index contributed by atoms with van der Waals surface area (Å²) in [6.45, 7) is 7.12. The van der Waals surface area contributed by atoms with Crippen molar-refractivity contribution in [3.8, 4) is 28.6 Å². The van der Waals surface area contributed by atoms with E-state index >= 15 is 0 Å². The van der Waals surface area contributed by atoms with E-state index in [9.17, 15) is 21.9 Å². The molecular formula is C28H36N8O8S2. The van der Waals surface area contributed by atoms with Crippen molar-refractivity contribution in [1.82, 2.24) is 34.4 Å². The van der Waals surface area contributed by atoms with E-state index < -0.39 is 44.1 Å². The number of methoxy groups -OCH3 is 2. The van der Waals surface area contributed by atoms with Gasteiger partial charge < -0.3 is 19.3 Å². The van der Waals surface area contributed by atoms with Crippen LogP contribution in [0.3, 0.4) is 0 Å². The van der Waals surface area contributed by atoms with E-state index in [2.05, 4.69) is 34.6 Å². The Balaban J connectivity index is 1.96. The second kappa shape index (κ2) is 13.6. The molecule has 0 spiro atoms. The van der Waals surface area contributed by atoms with Gasteiger partial charge in [-0.2, -0.15) is 4.72 Å².